The van der Waals surface area contributed by atoms with Crippen LogP contribution in [0.3, 0.4) is 0 Å². The fraction of sp³-hybridized carbons (Fsp3) is 0.321. The Morgan fingerprint density at radius 1 is 1.17 bits per heavy atom. The monoisotopic (exact) mass is 501 g/mol. The molecule has 4 aromatic rings. The number of aryl methyl sites for hydroxylation is 2. The molecule has 1 fully saturated rings. The number of nitrogens with zero attached hydrogens (tertiary/aromatic N) is 4. The first-order chi connectivity index (χ1) is 17.1. The zero-order valence-corrected chi connectivity index (χ0v) is 22.4. The van der Waals surface area contributed by atoms with E-state index < -0.39 is 5.54 Å². The largest absolute Gasteiger partial charge is 0.497 e. The van der Waals surface area contributed by atoms with Crippen LogP contribution in [0.5, 0.6) is 5.75 Å². The molecule has 186 valence electrons. The van der Waals surface area contributed by atoms with Gasteiger partial charge >= 0.3 is 0 Å². The Hall–Kier alpha value is -3.65. The van der Waals surface area contributed by atoms with Crippen molar-refractivity contribution in [2.45, 2.75) is 32.7 Å². The van der Waals surface area contributed by atoms with Gasteiger partial charge in [0.25, 0.3) is 5.91 Å². The lowest BCUT2D eigenvalue weighted by Crippen LogP contribution is -2.44. The minimum absolute atomic E-state index is 0.119. The number of hydrogen-bond donors (Lipinski definition) is 1. The Labute approximate surface area is 215 Å². The van der Waals surface area contributed by atoms with Crippen molar-refractivity contribution in [1.82, 2.24) is 19.9 Å². The number of imidazole rings is 1. The third-order valence-electron chi connectivity index (χ3n) is 6.99. The fourth-order valence-electron chi connectivity index (χ4n) is 4.77. The van der Waals surface area contributed by atoms with Crippen molar-refractivity contribution in [3.8, 4) is 16.2 Å². The number of methoxy groups -OCH3 is 1. The molecule has 1 atom stereocenters. The van der Waals surface area contributed by atoms with Crippen LogP contribution < -0.4 is 9.64 Å². The van der Waals surface area contributed by atoms with E-state index in [0.29, 0.717) is 18.7 Å². The van der Waals surface area contributed by atoms with Crippen molar-refractivity contribution in [1.29, 1.82) is 0 Å². The van der Waals surface area contributed by atoms with Crippen LogP contribution in [-0.4, -0.2) is 53.5 Å². The number of nitrogens with one attached hydrogen (secondary N) is 1. The number of benzene rings is 2. The first kappa shape index (κ1) is 24.1. The predicted octanol–water partition coefficient (Wildman–Crippen LogP) is 5.70. The Morgan fingerprint density at radius 2 is 1.94 bits per heavy atom. The molecule has 1 N–H and O–H groups in total. The average Bonchev–Trinajstić information content (AvgIpc) is 3.55. The highest BCUT2D eigenvalue weighted by Crippen LogP contribution is 2.43. The number of carbonyl (C=O) groups excluding carboxylic acids is 1. The number of aromatic nitrogens is 3. The van der Waals surface area contributed by atoms with Gasteiger partial charge in [-0.15, -0.1) is 0 Å². The van der Waals surface area contributed by atoms with Gasteiger partial charge in [-0.1, -0.05) is 41.7 Å². The predicted molar refractivity (Wildman–Crippen MR) is 146 cm³/mol. The van der Waals surface area contributed by atoms with Crippen molar-refractivity contribution in [3.63, 3.8) is 0 Å². The van der Waals surface area contributed by atoms with E-state index in [4.69, 9.17) is 14.7 Å². The summed E-state index contributed by atoms with van der Waals surface area (Å²) >= 11 is 1.53. The molecule has 1 aliphatic heterocycles. The van der Waals surface area contributed by atoms with E-state index in [0.717, 1.165) is 43.8 Å². The Balaban J connectivity index is 1.60. The van der Waals surface area contributed by atoms with Crippen molar-refractivity contribution in [3.05, 3.63) is 71.2 Å². The van der Waals surface area contributed by atoms with E-state index in [1.807, 2.05) is 49.0 Å². The molecule has 2 aromatic carbocycles. The van der Waals surface area contributed by atoms with E-state index >= 15 is 0 Å². The highest BCUT2D eigenvalue weighted by atomic mass is 32.1. The van der Waals surface area contributed by atoms with Gasteiger partial charge in [0.05, 0.1) is 23.0 Å². The molecule has 1 amide bonds. The number of hydrogen-bond acceptors (Lipinski definition) is 6. The second kappa shape index (κ2) is 8.78. The first-order valence-electron chi connectivity index (χ1n) is 11.9. The minimum Gasteiger partial charge on any atom is -0.497 e. The maximum atomic E-state index is 14.2. The Kier molecular flexibility index (Phi) is 5.87. The normalized spacial score (nSPS) is 17.7. The van der Waals surface area contributed by atoms with Crippen molar-refractivity contribution < 1.29 is 9.53 Å². The molecule has 0 aliphatic carbocycles. The molecule has 1 aliphatic rings. The van der Waals surface area contributed by atoms with Crippen LogP contribution in [0.15, 0.2) is 48.6 Å². The molecular formula is C28H31N5O2S. The van der Waals surface area contributed by atoms with Gasteiger partial charge in [-0.05, 0) is 49.6 Å². The number of rotatable bonds is 5. The van der Waals surface area contributed by atoms with Gasteiger partial charge in [0.2, 0.25) is 0 Å². The van der Waals surface area contributed by atoms with Gasteiger partial charge in [-0.2, -0.15) is 0 Å². The number of anilines is 1. The third kappa shape index (κ3) is 3.95. The van der Waals surface area contributed by atoms with Crippen LogP contribution in [-0.2, 0) is 5.54 Å². The molecule has 3 heterocycles. The van der Waals surface area contributed by atoms with Crippen LogP contribution in [0.2, 0.25) is 0 Å². The summed E-state index contributed by atoms with van der Waals surface area (Å²) in [4.78, 5) is 32.0. The van der Waals surface area contributed by atoms with Crippen LogP contribution >= 0.6 is 11.3 Å². The zero-order chi connectivity index (χ0) is 25.8. The number of amides is 1. The Bertz CT molecular complexity index is 1500. The van der Waals surface area contributed by atoms with Crippen LogP contribution in [0.1, 0.15) is 40.8 Å². The van der Waals surface area contributed by atoms with Gasteiger partial charge < -0.3 is 19.5 Å². The van der Waals surface area contributed by atoms with Crippen LogP contribution in [0.4, 0.5) is 5.13 Å². The first-order valence-corrected chi connectivity index (χ1v) is 12.7. The number of aromatic amines is 1. The quantitative estimate of drug-likeness (QED) is 0.355. The molecule has 7 nitrogen and oxygen atoms in total. The highest BCUT2D eigenvalue weighted by molar-refractivity contribution is 7.19. The molecule has 0 radical (unpaired) electrons. The van der Waals surface area contributed by atoms with Gasteiger partial charge in [-0.3, -0.25) is 4.79 Å². The van der Waals surface area contributed by atoms with E-state index in [2.05, 4.69) is 43.6 Å². The second-order valence-corrected chi connectivity index (χ2v) is 10.9. The Morgan fingerprint density at radius 3 is 2.64 bits per heavy atom. The second-order valence-electron chi connectivity index (χ2n) is 9.93. The minimum atomic E-state index is -0.678. The molecule has 8 heteroatoms. The van der Waals surface area contributed by atoms with E-state index in [1.165, 1.54) is 22.5 Å². The summed E-state index contributed by atoms with van der Waals surface area (Å²) in [5.74, 6) is 1.36. The lowest BCUT2D eigenvalue weighted by molar-refractivity contribution is 0.0602. The van der Waals surface area contributed by atoms with Gasteiger partial charge in [-0.25, -0.2) is 9.97 Å². The number of fused-ring (bicyclic) bond motifs is 1. The maximum absolute atomic E-state index is 14.2. The SMILES string of the molecule is C=C1CN(C(=O)c2nc(N(C)C)sc2-c2ccc(C)c(C)c2)C(C)(c2nc3ccc(OC)cc3[nH]2)C1. The van der Waals surface area contributed by atoms with E-state index in [9.17, 15) is 4.79 Å². The fourth-order valence-corrected chi connectivity index (χ4v) is 5.74. The molecule has 36 heavy (non-hydrogen) atoms. The molecule has 1 saturated heterocycles. The van der Waals surface area contributed by atoms with Gasteiger partial charge in [0.1, 0.15) is 22.8 Å². The standard InChI is InChI=1S/C28H31N5O2S/c1-16-14-28(4,26-29-21-11-10-20(35-7)13-22(21)30-26)33(15-16)25(34)23-24(36-27(31-23)32(5)6)19-9-8-17(2)18(3)12-19/h8-13H,1,14-15H2,2-7H3,(H,29,30). The number of H-pyrrole nitrogens is 1. The van der Waals surface area contributed by atoms with Crippen molar-refractivity contribution >= 4 is 33.4 Å². The summed E-state index contributed by atoms with van der Waals surface area (Å²) in [5.41, 5.74) is 5.87. The van der Waals surface area contributed by atoms with Crippen molar-refractivity contribution in [2.75, 3.05) is 32.6 Å². The number of ether oxygens (including phenoxy) is 1. The molecule has 0 spiro atoms. The average molecular weight is 502 g/mol. The van der Waals surface area contributed by atoms with Crippen molar-refractivity contribution in [2.24, 2.45) is 0 Å². The maximum Gasteiger partial charge on any atom is 0.275 e. The van der Waals surface area contributed by atoms with E-state index in [-0.39, 0.29) is 5.91 Å². The summed E-state index contributed by atoms with van der Waals surface area (Å²) in [5, 5.41) is 0.794. The zero-order valence-electron chi connectivity index (χ0n) is 21.6. The lowest BCUT2D eigenvalue weighted by Gasteiger charge is -2.33. The van der Waals surface area contributed by atoms with Gasteiger partial charge in [0, 0.05) is 33.1 Å². The molecule has 2 aromatic heterocycles. The van der Waals surface area contributed by atoms with E-state index in [1.54, 1.807) is 7.11 Å². The summed E-state index contributed by atoms with van der Waals surface area (Å²) in [6, 6.07) is 12.0. The summed E-state index contributed by atoms with van der Waals surface area (Å²) in [6.45, 7) is 10.9. The number of likely N-dealkylation sites (tertiary alicyclic amines) is 1. The number of carbonyl (C=O) groups is 1. The third-order valence-corrected chi connectivity index (χ3v) is 8.26. The highest BCUT2D eigenvalue weighted by Gasteiger charge is 2.46. The topological polar surface area (TPSA) is 74.3 Å². The summed E-state index contributed by atoms with van der Waals surface area (Å²) in [6.07, 6.45) is 0.624. The van der Waals surface area contributed by atoms with Gasteiger partial charge in [0.15, 0.2) is 5.13 Å². The smallest absolute Gasteiger partial charge is 0.275 e. The molecular weight excluding hydrogens is 470 g/mol. The molecule has 5 rings (SSSR count). The molecule has 0 bridgehead atoms. The summed E-state index contributed by atoms with van der Waals surface area (Å²) in [7, 11) is 5.54. The lowest BCUT2D eigenvalue weighted by atomic mass is 9.96. The summed E-state index contributed by atoms with van der Waals surface area (Å²) < 4.78 is 5.37. The molecule has 1 unspecified atom stereocenters. The van der Waals surface area contributed by atoms with Crippen LogP contribution in [0, 0.1) is 13.8 Å². The number of thiazole rings is 1. The molecule has 0 saturated carbocycles. The van der Waals surface area contributed by atoms with Crippen LogP contribution in [0.25, 0.3) is 21.5 Å².